The van der Waals surface area contributed by atoms with Gasteiger partial charge in [0.1, 0.15) is 11.0 Å². The lowest BCUT2D eigenvalue weighted by atomic mass is 10.1. The molecule has 0 aromatic heterocycles. The van der Waals surface area contributed by atoms with Crippen molar-refractivity contribution in [3.05, 3.63) is 0 Å². The molecular formula is C13H21NO4S. The van der Waals surface area contributed by atoms with Crippen LogP contribution in [0, 0.1) is 5.92 Å². The van der Waals surface area contributed by atoms with E-state index in [1.54, 1.807) is 4.90 Å². The SMILES string of the molecule is COC(=O)C(C1CC1)S(=O)CC(=O)N1CCCCC1. The molecule has 6 heteroatoms. The maximum Gasteiger partial charge on any atom is 0.321 e. The Morgan fingerprint density at radius 3 is 2.42 bits per heavy atom. The van der Waals surface area contributed by atoms with Crippen molar-refractivity contribution >= 4 is 22.7 Å². The van der Waals surface area contributed by atoms with Gasteiger partial charge in [0.15, 0.2) is 0 Å². The fraction of sp³-hybridized carbons (Fsp3) is 0.846. The molecule has 2 aliphatic rings. The Bertz CT molecular complexity index is 375. The smallest absolute Gasteiger partial charge is 0.321 e. The van der Waals surface area contributed by atoms with Crippen molar-refractivity contribution in [3.8, 4) is 0 Å². The number of esters is 1. The van der Waals surface area contributed by atoms with Crippen LogP contribution in [0.2, 0.25) is 0 Å². The molecule has 19 heavy (non-hydrogen) atoms. The first-order valence-electron chi connectivity index (χ1n) is 6.86. The van der Waals surface area contributed by atoms with Crippen LogP contribution in [0.15, 0.2) is 0 Å². The number of hydrogen-bond acceptors (Lipinski definition) is 4. The quantitative estimate of drug-likeness (QED) is 0.698. The highest BCUT2D eigenvalue weighted by molar-refractivity contribution is 7.87. The number of carbonyl (C=O) groups excluding carboxylic acids is 2. The van der Waals surface area contributed by atoms with E-state index in [2.05, 4.69) is 0 Å². The molecule has 0 bridgehead atoms. The summed E-state index contributed by atoms with van der Waals surface area (Å²) in [5.41, 5.74) is 0. The number of amides is 1. The molecule has 2 atom stereocenters. The fourth-order valence-corrected chi connectivity index (χ4v) is 4.09. The highest BCUT2D eigenvalue weighted by atomic mass is 32.2. The van der Waals surface area contributed by atoms with Gasteiger partial charge in [-0.25, -0.2) is 0 Å². The first kappa shape index (κ1) is 14.5. The molecule has 0 N–H and O–H groups in total. The summed E-state index contributed by atoms with van der Waals surface area (Å²) in [6.45, 7) is 1.50. The van der Waals surface area contributed by atoms with Crippen LogP contribution in [0.3, 0.4) is 0 Å². The molecule has 1 aliphatic heterocycles. The minimum absolute atomic E-state index is 0.0454. The van der Waals surface area contributed by atoms with E-state index in [1.165, 1.54) is 7.11 Å². The van der Waals surface area contributed by atoms with Crippen molar-refractivity contribution in [2.45, 2.75) is 37.4 Å². The van der Waals surface area contributed by atoms with E-state index in [0.29, 0.717) is 0 Å². The van der Waals surface area contributed by atoms with Gasteiger partial charge < -0.3 is 9.64 Å². The highest BCUT2D eigenvalue weighted by Gasteiger charge is 2.42. The minimum Gasteiger partial charge on any atom is -0.468 e. The first-order valence-corrected chi connectivity index (χ1v) is 8.24. The molecule has 1 saturated heterocycles. The topological polar surface area (TPSA) is 63.7 Å². The number of ether oxygens (including phenoxy) is 1. The van der Waals surface area contributed by atoms with E-state index in [1.807, 2.05) is 0 Å². The van der Waals surface area contributed by atoms with Gasteiger partial charge in [-0.1, -0.05) is 0 Å². The van der Waals surface area contributed by atoms with Crippen LogP contribution in [0.4, 0.5) is 0 Å². The molecule has 1 heterocycles. The van der Waals surface area contributed by atoms with Crippen LogP contribution in [0.5, 0.6) is 0 Å². The van der Waals surface area contributed by atoms with Crippen LogP contribution in [0.1, 0.15) is 32.1 Å². The number of nitrogens with zero attached hydrogens (tertiary/aromatic N) is 1. The first-order chi connectivity index (χ1) is 9.13. The van der Waals surface area contributed by atoms with Crippen molar-refractivity contribution in [2.24, 2.45) is 5.92 Å². The van der Waals surface area contributed by atoms with Crippen LogP contribution in [-0.4, -0.2) is 52.2 Å². The van der Waals surface area contributed by atoms with Crippen molar-refractivity contribution in [2.75, 3.05) is 26.0 Å². The van der Waals surface area contributed by atoms with E-state index >= 15 is 0 Å². The Kier molecular flexibility index (Phi) is 4.96. The van der Waals surface area contributed by atoms with E-state index < -0.39 is 22.0 Å². The summed E-state index contributed by atoms with van der Waals surface area (Å²) in [4.78, 5) is 25.5. The van der Waals surface area contributed by atoms with E-state index in [-0.39, 0.29) is 17.6 Å². The summed E-state index contributed by atoms with van der Waals surface area (Å²) in [6, 6.07) is 0. The molecule has 2 unspecified atom stereocenters. The van der Waals surface area contributed by atoms with Crippen molar-refractivity contribution in [1.82, 2.24) is 4.90 Å². The molecule has 108 valence electrons. The lowest BCUT2D eigenvalue weighted by Gasteiger charge is -2.27. The number of likely N-dealkylation sites (tertiary alicyclic amines) is 1. The molecule has 2 fully saturated rings. The lowest BCUT2D eigenvalue weighted by Crippen LogP contribution is -2.41. The van der Waals surface area contributed by atoms with Gasteiger partial charge in [0.2, 0.25) is 5.91 Å². The second kappa shape index (κ2) is 6.50. The molecule has 0 aromatic carbocycles. The van der Waals surface area contributed by atoms with Gasteiger partial charge in [0, 0.05) is 23.9 Å². The molecule has 1 aliphatic carbocycles. The molecule has 0 radical (unpaired) electrons. The number of methoxy groups -OCH3 is 1. The summed E-state index contributed by atoms with van der Waals surface area (Å²) in [6.07, 6.45) is 5.00. The maximum absolute atomic E-state index is 12.2. The summed E-state index contributed by atoms with van der Waals surface area (Å²) in [7, 11) is -0.146. The number of hydrogen-bond donors (Lipinski definition) is 0. The van der Waals surface area contributed by atoms with Gasteiger partial charge in [-0.3, -0.25) is 13.8 Å². The summed E-state index contributed by atoms with van der Waals surface area (Å²) in [5.74, 6) is -0.432. The minimum atomic E-state index is -1.45. The summed E-state index contributed by atoms with van der Waals surface area (Å²) < 4.78 is 16.9. The third-order valence-corrected chi connectivity index (χ3v) is 5.42. The highest BCUT2D eigenvalue weighted by Crippen LogP contribution is 2.36. The molecule has 0 spiro atoms. The molecular weight excluding hydrogens is 266 g/mol. The zero-order valence-corrected chi connectivity index (χ0v) is 12.1. The van der Waals surface area contributed by atoms with Crippen LogP contribution < -0.4 is 0 Å². The Morgan fingerprint density at radius 2 is 1.89 bits per heavy atom. The van der Waals surface area contributed by atoms with E-state index in [4.69, 9.17) is 4.74 Å². The second-order valence-corrected chi connectivity index (χ2v) is 6.81. The van der Waals surface area contributed by atoms with Gasteiger partial charge >= 0.3 is 5.97 Å². The average Bonchev–Trinajstić information content (AvgIpc) is 3.24. The van der Waals surface area contributed by atoms with Crippen molar-refractivity contribution < 1.29 is 18.5 Å². The predicted molar refractivity (Wildman–Crippen MR) is 72.0 cm³/mol. The zero-order chi connectivity index (χ0) is 13.8. The van der Waals surface area contributed by atoms with Gasteiger partial charge in [-0.15, -0.1) is 0 Å². The van der Waals surface area contributed by atoms with Crippen LogP contribution >= 0.6 is 0 Å². The predicted octanol–water partition coefficient (Wildman–Crippen LogP) is 0.699. The molecule has 5 nitrogen and oxygen atoms in total. The third kappa shape index (κ3) is 3.78. The summed E-state index contributed by atoms with van der Waals surface area (Å²) in [5, 5.41) is -0.612. The van der Waals surface area contributed by atoms with Crippen molar-refractivity contribution in [1.29, 1.82) is 0 Å². The Balaban J connectivity index is 1.90. The zero-order valence-electron chi connectivity index (χ0n) is 11.3. The Labute approximate surface area is 116 Å². The normalized spacial score (nSPS) is 22.7. The van der Waals surface area contributed by atoms with Gasteiger partial charge in [-0.05, 0) is 38.0 Å². The van der Waals surface area contributed by atoms with Gasteiger partial charge in [0.05, 0.1) is 7.11 Å². The van der Waals surface area contributed by atoms with Crippen LogP contribution in [0.25, 0.3) is 0 Å². The monoisotopic (exact) mass is 287 g/mol. The van der Waals surface area contributed by atoms with Gasteiger partial charge in [-0.2, -0.15) is 0 Å². The number of piperidine rings is 1. The number of carbonyl (C=O) groups is 2. The molecule has 2 rings (SSSR count). The van der Waals surface area contributed by atoms with E-state index in [0.717, 1.165) is 45.2 Å². The molecule has 1 amide bonds. The summed E-state index contributed by atoms with van der Waals surface area (Å²) >= 11 is 0. The Morgan fingerprint density at radius 1 is 1.26 bits per heavy atom. The third-order valence-electron chi connectivity index (χ3n) is 3.74. The molecule has 1 saturated carbocycles. The fourth-order valence-electron chi connectivity index (χ4n) is 2.48. The van der Waals surface area contributed by atoms with Crippen molar-refractivity contribution in [3.63, 3.8) is 0 Å². The second-order valence-electron chi connectivity index (χ2n) is 5.25. The van der Waals surface area contributed by atoms with E-state index in [9.17, 15) is 13.8 Å². The molecule has 0 aromatic rings. The maximum atomic E-state index is 12.2. The largest absolute Gasteiger partial charge is 0.468 e. The Hall–Kier alpha value is -0.910. The number of rotatable bonds is 5. The standard InChI is InChI=1S/C13H21NO4S/c1-18-13(16)12(10-5-6-10)19(17)9-11(15)14-7-3-2-4-8-14/h10,12H,2-9H2,1H3. The van der Waals surface area contributed by atoms with Crippen LogP contribution in [-0.2, 0) is 25.1 Å². The lowest BCUT2D eigenvalue weighted by molar-refractivity contribution is -0.140. The average molecular weight is 287 g/mol. The van der Waals surface area contributed by atoms with Gasteiger partial charge in [0.25, 0.3) is 0 Å².